The van der Waals surface area contributed by atoms with Crippen LogP contribution in [0.25, 0.3) is 12.2 Å². The summed E-state index contributed by atoms with van der Waals surface area (Å²) in [4.78, 5) is 26.5. The van der Waals surface area contributed by atoms with Crippen LogP contribution in [0.2, 0.25) is 0 Å². The molecule has 1 aliphatic rings. The molecule has 28 heavy (non-hydrogen) atoms. The number of hydrogen-bond acceptors (Lipinski definition) is 3. The standard InChI is InChI=1S/C22H19F2NO3/c1-2-28-22(27)25-13-17(9-15-5-3-7-19(23)11-15)21(26)18(14-25)10-16-6-4-8-20(24)12-16/h3-12H,2,13-14H2,1H3/b17-9-,18-10+. The van der Waals surface area contributed by atoms with Crippen LogP contribution in [0.3, 0.4) is 0 Å². The maximum atomic E-state index is 13.5. The van der Waals surface area contributed by atoms with Crippen molar-refractivity contribution >= 4 is 24.0 Å². The van der Waals surface area contributed by atoms with Crippen molar-refractivity contribution < 1.29 is 23.1 Å². The fraction of sp³-hybridized carbons (Fsp3) is 0.182. The summed E-state index contributed by atoms with van der Waals surface area (Å²) in [6.07, 6.45) is 2.55. The minimum absolute atomic E-state index is 0.0503. The number of benzene rings is 2. The molecule has 0 aliphatic carbocycles. The van der Waals surface area contributed by atoms with Crippen molar-refractivity contribution in [2.24, 2.45) is 0 Å². The van der Waals surface area contributed by atoms with Crippen molar-refractivity contribution in [3.63, 3.8) is 0 Å². The third kappa shape index (κ3) is 4.71. The molecule has 0 atom stereocenters. The maximum Gasteiger partial charge on any atom is 0.410 e. The van der Waals surface area contributed by atoms with Gasteiger partial charge in [0.25, 0.3) is 0 Å². The molecule has 144 valence electrons. The molecule has 1 saturated heterocycles. The average Bonchev–Trinajstić information content (AvgIpc) is 2.65. The number of ether oxygens (including phenoxy) is 1. The molecule has 1 fully saturated rings. The lowest BCUT2D eigenvalue weighted by Gasteiger charge is -2.29. The van der Waals surface area contributed by atoms with Gasteiger partial charge in [-0.1, -0.05) is 24.3 Å². The van der Waals surface area contributed by atoms with Crippen molar-refractivity contribution in [1.82, 2.24) is 4.90 Å². The highest BCUT2D eigenvalue weighted by atomic mass is 19.1. The van der Waals surface area contributed by atoms with Gasteiger partial charge in [-0.2, -0.15) is 0 Å². The highest BCUT2D eigenvalue weighted by Gasteiger charge is 2.29. The van der Waals surface area contributed by atoms with Gasteiger partial charge in [-0.3, -0.25) is 9.69 Å². The van der Waals surface area contributed by atoms with Gasteiger partial charge in [-0.25, -0.2) is 13.6 Å². The zero-order chi connectivity index (χ0) is 20.1. The summed E-state index contributed by atoms with van der Waals surface area (Å²) in [6, 6.07) is 11.7. The van der Waals surface area contributed by atoms with Gasteiger partial charge in [0.2, 0.25) is 0 Å². The predicted molar refractivity (Wildman–Crippen MR) is 102 cm³/mol. The van der Waals surface area contributed by atoms with Crippen LogP contribution in [0.5, 0.6) is 0 Å². The van der Waals surface area contributed by atoms with E-state index in [2.05, 4.69) is 0 Å². The number of carbonyl (C=O) groups is 2. The van der Waals surface area contributed by atoms with E-state index in [1.807, 2.05) is 0 Å². The molecule has 1 heterocycles. The van der Waals surface area contributed by atoms with Gasteiger partial charge in [0.1, 0.15) is 11.6 Å². The van der Waals surface area contributed by atoms with Crippen LogP contribution in [-0.2, 0) is 9.53 Å². The molecular formula is C22H19F2NO3. The van der Waals surface area contributed by atoms with Gasteiger partial charge in [0.05, 0.1) is 19.7 Å². The van der Waals surface area contributed by atoms with Gasteiger partial charge in [0, 0.05) is 11.1 Å². The second-order valence-electron chi connectivity index (χ2n) is 6.33. The molecule has 1 aliphatic heterocycles. The predicted octanol–water partition coefficient (Wildman–Crippen LogP) is 4.47. The summed E-state index contributed by atoms with van der Waals surface area (Å²) in [6.45, 7) is 2.00. The zero-order valence-electron chi connectivity index (χ0n) is 15.3. The van der Waals surface area contributed by atoms with Crippen molar-refractivity contribution in [1.29, 1.82) is 0 Å². The molecule has 1 amide bonds. The number of ketones is 1. The van der Waals surface area contributed by atoms with E-state index in [0.29, 0.717) is 22.3 Å². The van der Waals surface area contributed by atoms with E-state index < -0.39 is 17.7 Å². The van der Waals surface area contributed by atoms with Crippen LogP contribution in [0.4, 0.5) is 13.6 Å². The number of Topliss-reactive ketones (excluding diaryl/α,β-unsaturated/α-hetero) is 1. The Morgan fingerprint density at radius 2 is 1.50 bits per heavy atom. The summed E-state index contributed by atoms with van der Waals surface area (Å²) in [5.74, 6) is -1.11. The van der Waals surface area contributed by atoms with Crippen molar-refractivity contribution in [3.05, 3.63) is 82.4 Å². The molecular weight excluding hydrogens is 364 g/mol. The first kappa shape index (κ1) is 19.5. The first-order chi connectivity index (χ1) is 13.5. The Labute approximate surface area is 161 Å². The number of likely N-dealkylation sites (tertiary alicyclic amines) is 1. The fourth-order valence-corrected chi connectivity index (χ4v) is 2.98. The van der Waals surface area contributed by atoms with E-state index in [0.717, 1.165) is 0 Å². The molecule has 0 bridgehead atoms. The third-order valence-electron chi connectivity index (χ3n) is 4.21. The molecule has 0 saturated carbocycles. The minimum atomic E-state index is -0.551. The van der Waals surface area contributed by atoms with E-state index in [4.69, 9.17) is 4.74 Å². The van der Waals surface area contributed by atoms with Gasteiger partial charge in [-0.15, -0.1) is 0 Å². The Bertz CT molecular complexity index is 898. The van der Waals surface area contributed by atoms with Crippen LogP contribution in [0.1, 0.15) is 18.1 Å². The normalized spacial score (nSPS) is 17.2. The molecule has 0 unspecified atom stereocenters. The first-order valence-electron chi connectivity index (χ1n) is 8.85. The largest absolute Gasteiger partial charge is 0.450 e. The maximum absolute atomic E-state index is 13.5. The topological polar surface area (TPSA) is 46.6 Å². The summed E-state index contributed by atoms with van der Waals surface area (Å²) in [5.41, 5.74) is 1.68. The lowest BCUT2D eigenvalue weighted by Crippen LogP contribution is -2.41. The quantitative estimate of drug-likeness (QED) is 0.735. The Balaban J connectivity index is 1.99. The van der Waals surface area contributed by atoms with Crippen molar-refractivity contribution in [3.8, 4) is 0 Å². The number of carbonyl (C=O) groups excluding carboxylic acids is 2. The third-order valence-corrected chi connectivity index (χ3v) is 4.21. The zero-order valence-corrected chi connectivity index (χ0v) is 15.3. The number of halogens is 2. The molecule has 6 heteroatoms. The first-order valence-corrected chi connectivity index (χ1v) is 8.85. The van der Waals surface area contributed by atoms with E-state index in [1.165, 1.54) is 29.2 Å². The average molecular weight is 383 g/mol. The molecule has 0 N–H and O–H groups in total. The van der Waals surface area contributed by atoms with Crippen LogP contribution in [-0.4, -0.2) is 36.5 Å². The van der Waals surface area contributed by atoms with Gasteiger partial charge < -0.3 is 4.74 Å². The van der Waals surface area contributed by atoms with Crippen molar-refractivity contribution in [2.75, 3.05) is 19.7 Å². The van der Waals surface area contributed by atoms with E-state index in [1.54, 1.807) is 43.3 Å². The molecule has 2 aromatic rings. The second kappa shape index (κ2) is 8.61. The molecule has 0 radical (unpaired) electrons. The Hall–Kier alpha value is -3.28. The van der Waals surface area contributed by atoms with Gasteiger partial charge >= 0.3 is 6.09 Å². The highest BCUT2D eigenvalue weighted by Crippen LogP contribution is 2.23. The molecule has 0 aromatic heterocycles. The van der Waals surface area contributed by atoms with Crippen LogP contribution in [0.15, 0.2) is 59.7 Å². The summed E-state index contributed by atoms with van der Waals surface area (Å²) in [5, 5.41) is 0. The number of nitrogens with zero attached hydrogens (tertiary/aromatic N) is 1. The van der Waals surface area contributed by atoms with Crippen LogP contribution >= 0.6 is 0 Å². The molecule has 2 aromatic carbocycles. The summed E-state index contributed by atoms with van der Waals surface area (Å²) < 4.78 is 32.0. The smallest absolute Gasteiger partial charge is 0.410 e. The lowest BCUT2D eigenvalue weighted by atomic mass is 9.94. The van der Waals surface area contributed by atoms with E-state index >= 15 is 0 Å². The number of hydrogen-bond donors (Lipinski definition) is 0. The fourth-order valence-electron chi connectivity index (χ4n) is 2.98. The molecule has 3 rings (SSSR count). The van der Waals surface area contributed by atoms with Crippen LogP contribution in [0, 0.1) is 11.6 Å². The number of amides is 1. The highest BCUT2D eigenvalue weighted by molar-refractivity contribution is 6.15. The van der Waals surface area contributed by atoms with Crippen molar-refractivity contribution in [2.45, 2.75) is 6.92 Å². The second-order valence-corrected chi connectivity index (χ2v) is 6.33. The van der Waals surface area contributed by atoms with Gasteiger partial charge in [-0.05, 0) is 54.5 Å². The van der Waals surface area contributed by atoms with E-state index in [9.17, 15) is 18.4 Å². The van der Waals surface area contributed by atoms with Crippen LogP contribution < -0.4 is 0 Å². The minimum Gasteiger partial charge on any atom is -0.450 e. The molecule has 4 nitrogen and oxygen atoms in total. The summed E-state index contributed by atoms with van der Waals surface area (Å²) in [7, 11) is 0. The summed E-state index contributed by atoms with van der Waals surface area (Å²) >= 11 is 0. The number of piperidine rings is 1. The Morgan fingerprint density at radius 3 is 1.93 bits per heavy atom. The Morgan fingerprint density at radius 1 is 1.00 bits per heavy atom. The molecule has 0 spiro atoms. The lowest BCUT2D eigenvalue weighted by molar-refractivity contribution is -0.113. The monoisotopic (exact) mass is 383 g/mol. The van der Waals surface area contributed by atoms with Gasteiger partial charge in [0.15, 0.2) is 5.78 Å². The number of rotatable bonds is 3. The Kier molecular flexibility index (Phi) is 5.99. The SMILES string of the molecule is CCOC(=O)N1C/C(=C/c2cccc(F)c2)C(=O)/C(=C/c2cccc(F)c2)C1. The van der Waals surface area contributed by atoms with E-state index in [-0.39, 0.29) is 25.5 Å².